The summed E-state index contributed by atoms with van der Waals surface area (Å²) in [6.45, 7) is 5.40. The molecule has 1 aromatic carbocycles. The quantitative estimate of drug-likeness (QED) is 0.583. The molecule has 1 heterocycles. The molecular formula is C11H12BCl3O2. The smallest absolute Gasteiger partial charge is 0.407 e. The van der Waals surface area contributed by atoms with Gasteiger partial charge in [0, 0.05) is 29.1 Å². The summed E-state index contributed by atoms with van der Waals surface area (Å²) in [5.74, 6) is 0. The van der Waals surface area contributed by atoms with Gasteiger partial charge < -0.3 is 9.31 Å². The molecule has 0 unspecified atom stereocenters. The van der Waals surface area contributed by atoms with Crippen LogP contribution in [-0.2, 0) is 9.31 Å². The highest BCUT2D eigenvalue weighted by atomic mass is 35.5. The van der Waals surface area contributed by atoms with E-state index >= 15 is 0 Å². The Morgan fingerprint density at radius 2 is 1.53 bits per heavy atom. The summed E-state index contributed by atoms with van der Waals surface area (Å²) < 4.78 is 11.3. The van der Waals surface area contributed by atoms with E-state index in [0.29, 0.717) is 28.3 Å². The van der Waals surface area contributed by atoms with Crippen molar-refractivity contribution in [1.29, 1.82) is 0 Å². The van der Waals surface area contributed by atoms with Crippen LogP contribution in [0.5, 0.6) is 0 Å². The number of rotatable bonds is 1. The van der Waals surface area contributed by atoms with E-state index in [1.807, 2.05) is 0 Å². The van der Waals surface area contributed by atoms with Gasteiger partial charge in [0.25, 0.3) is 0 Å². The molecule has 0 N–H and O–H groups in total. The molecule has 1 aliphatic rings. The zero-order valence-corrected chi connectivity index (χ0v) is 11.9. The molecule has 2 rings (SSSR count). The average molecular weight is 293 g/mol. The molecule has 0 atom stereocenters. The lowest BCUT2D eigenvalue weighted by Crippen LogP contribution is -2.47. The van der Waals surface area contributed by atoms with Crippen molar-refractivity contribution in [3.05, 3.63) is 27.2 Å². The predicted octanol–water partition coefficient (Wildman–Crippen LogP) is 3.42. The Labute approximate surface area is 116 Å². The van der Waals surface area contributed by atoms with E-state index in [4.69, 9.17) is 44.1 Å². The van der Waals surface area contributed by atoms with Crippen molar-refractivity contribution in [2.75, 3.05) is 13.2 Å². The van der Waals surface area contributed by atoms with Gasteiger partial charge >= 0.3 is 7.12 Å². The molecule has 17 heavy (non-hydrogen) atoms. The second-order valence-corrected chi connectivity index (χ2v) is 6.13. The van der Waals surface area contributed by atoms with Gasteiger partial charge in [-0.2, -0.15) is 0 Å². The van der Waals surface area contributed by atoms with E-state index in [0.717, 1.165) is 5.46 Å². The second-order valence-electron chi connectivity index (χ2n) is 4.91. The van der Waals surface area contributed by atoms with Gasteiger partial charge in [-0.15, -0.1) is 0 Å². The van der Waals surface area contributed by atoms with Crippen molar-refractivity contribution in [3.8, 4) is 0 Å². The Hall–Kier alpha value is 0.0749. The van der Waals surface area contributed by atoms with Crippen LogP contribution in [0.3, 0.4) is 0 Å². The lowest BCUT2D eigenvalue weighted by molar-refractivity contribution is 0.0343. The van der Waals surface area contributed by atoms with Crippen LogP contribution >= 0.6 is 34.8 Å². The van der Waals surface area contributed by atoms with Crippen LogP contribution in [0.1, 0.15) is 13.8 Å². The summed E-state index contributed by atoms with van der Waals surface area (Å²) in [7, 11) is -0.467. The molecular weight excluding hydrogens is 281 g/mol. The molecule has 6 heteroatoms. The predicted molar refractivity (Wildman–Crippen MR) is 72.5 cm³/mol. The fraction of sp³-hybridized carbons (Fsp3) is 0.455. The normalized spacial score (nSPS) is 19.5. The molecule has 1 fully saturated rings. The molecule has 1 saturated heterocycles. The SMILES string of the molecule is CC1(C)COB(c2cc(Cl)c(Cl)cc2Cl)OC1. The third-order valence-electron chi connectivity index (χ3n) is 2.54. The van der Waals surface area contributed by atoms with Crippen LogP contribution in [0, 0.1) is 5.41 Å². The van der Waals surface area contributed by atoms with E-state index in [9.17, 15) is 0 Å². The Morgan fingerprint density at radius 3 is 2.12 bits per heavy atom. The van der Waals surface area contributed by atoms with Gasteiger partial charge in [-0.25, -0.2) is 0 Å². The molecule has 0 bridgehead atoms. The highest BCUT2D eigenvalue weighted by molar-refractivity contribution is 6.65. The van der Waals surface area contributed by atoms with Gasteiger partial charge in [-0.05, 0) is 12.1 Å². The summed E-state index contributed by atoms with van der Waals surface area (Å²) >= 11 is 17.9. The number of hydrogen-bond donors (Lipinski definition) is 0. The minimum absolute atomic E-state index is 0.0270. The first-order valence-electron chi connectivity index (χ1n) is 5.27. The van der Waals surface area contributed by atoms with Crippen LogP contribution in [0.25, 0.3) is 0 Å². The van der Waals surface area contributed by atoms with Crippen LogP contribution in [0.4, 0.5) is 0 Å². The van der Waals surface area contributed by atoms with Crippen LogP contribution in [0.15, 0.2) is 12.1 Å². The van der Waals surface area contributed by atoms with E-state index in [2.05, 4.69) is 13.8 Å². The van der Waals surface area contributed by atoms with Crippen LogP contribution < -0.4 is 5.46 Å². The van der Waals surface area contributed by atoms with Crippen molar-refractivity contribution in [1.82, 2.24) is 0 Å². The highest BCUT2D eigenvalue weighted by Crippen LogP contribution is 2.27. The second kappa shape index (κ2) is 4.98. The van der Waals surface area contributed by atoms with Gasteiger partial charge in [0.15, 0.2) is 0 Å². The third kappa shape index (κ3) is 3.10. The summed E-state index contributed by atoms with van der Waals surface area (Å²) in [6, 6.07) is 3.29. The number of halogens is 3. The van der Waals surface area contributed by atoms with Gasteiger partial charge in [0.1, 0.15) is 0 Å². The van der Waals surface area contributed by atoms with Crippen molar-refractivity contribution in [2.24, 2.45) is 5.41 Å². The zero-order valence-electron chi connectivity index (χ0n) is 9.60. The molecule has 92 valence electrons. The topological polar surface area (TPSA) is 18.5 Å². The maximum absolute atomic E-state index is 6.10. The Bertz CT molecular complexity index is 427. The first-order valence-corrected chi connectivity index (χ1v) is 6.40. The van der Waals surface area contributed by atoms with Crippen molar-refractivity contribution in [3.63, 3.8) is 0 Å². The molecule has 0 aliphatic carbocycles. The van der Waals surface area contributed by atoms with E-state index < -0.39 is 7.12 Å². The fourth-order valence-corrected chi connectivity index (χ4v) is 2.23. The number of benzene rings is 1. The first kappa shape index (κ1) is 13.5. The van der Waals surface area contributed by atoms with Crippen molar-refractivity contribution < 1.29 is 9.31 Å². The van der Waals surface area contributed by atoms with Crippen molar-refractivity contribution in [2.45, 2.75) is 13.8 Å². The summed E-state index contributed by atoms with van der Waals surface area (Å²) in [6.07, 6.45) is 0. The van der Waals surface area contributed by atoms with Crippen LogP contribution in [-0.4, -0.2) is 20.3 Å². The summed E-state index contributed by atoms with van der Waals surface area (Å²) in [5.41, 5.74) is 0.746. The van der Waals surface area contributed by atoms with Gasteiger partial charge in [0.05, 0.1) is 10.0 Å². The highest BCUT2D eigenvalue weighted by Gasteiger charge is 2.34. The van der Waals surface area contributed by atoms with Crippen LogP contribution in [0.2, 0.25) is 15.1 Å². The Balaban J connectivity index is 2.21. The molecule has 1 aliphatic heterocycles. The van der Waals surface area contributed by atoms with E-state index in [-0.39, 0.29) is 5.41 Å². The Morgan fingerprint density at radius 1 is 1.00 bits per heavy atom. The number of hydrogen-bond acceptors (Lipinski definition) is 2. The molecule has 0 amide bonds. The molecule has 0 aromatic heterocycles. The fourth-order valence-electron chi connectivity index (χ4n) is 1.59. The summed E-state index contributed by atoms with van der Waals surface area (Å²) in [4.78, 5) is 0. The standard InChI is InChI=1S/C11H12BCl3O2/c1-11(2)5-16-12(17-6-11)7-3-9(14)10(15)4-8(7)13/h3-4H,5-6H2,1-2H3. The van der Waals surface area contributed by atoms with E-state index in [1.54, 1.807) is 12.1 Å². The van der Waals surface area contributed by atoms with Gasteiger partial charge in [-0.3, -0.25) is 0 Å². The lowest BCUT2D eigenvalue weighted by Gasteiger charge is -2.33. The molecule has 1 aromatic rings. The lowest BCUT2D eigenvalue weighted by atomic mass is 9.76. The maximum atomic E-state index is 6.10. The zero-order chi connectivity index (χ0) is 12.6. The average Bonchev–Trinajstić information content (AvgIpc) is 2.24. The third-order valence-corrected chi connectivity index (χ3v) is 3.59. The minimum atomic E-state index is -0.467. The molecule has 0 saturated carbocycles. The summed E-state index contributed by atoms with van der Waals surface area (Å²) in [5, 5.41) is 1.38. The first-order chi connectivity index (χ1) is 7.89. The van der Waals surface area contributed by atoms with Crippen molar-refractivity contribution >= 4 is 47.4 Å². The molecule has 0 spiro atoms. The largest absolute Gasteiger partial charge is 0.495 e. The van der Waals surface area contributed by atoms with E-state index in [1.165, 1.54) is 0 Å². The molecule has 0 radical (unpaired) electrons. The minimum Gasteiger partial charge on any atom is -0.407 e. The monoisotopic (exact) mass is 292 g/mol. The van der Waals surface area contributed by atoms with Gasteiger partial charge in [0.2, 0.25) is 0 Å². The van der Waals surface area contributed by atoms with Gasteiger partial charge in [-0.1, -0.05) is 48.7 Å². The maximum Gasteiger partial charge on any atom is 0.495 e. The molecule has 2 nitrogen and oxygen atoms in total. The Kier molecular flexibility index (Phi) is 3.96.